The number of nitrogens with two attached hydrogens (primary N) is 1. The van der Waals surface area contributed by atoms with Gasteiger partial charge in [0, 0.05) is 18.1 Å². The second-order valence-corrected chi connectivity index (χ2v) is 7.55. The molecule has 0 radical (unpaired) electrons. The highest BCUT2D eigenvalue weighted by Gasteiger charge is 2.49. The molecule has 19 heavy (non-hydrogen) atoms. The first-order valence-corrected chi connectivity index (χ1v) is 8.49. The maximum absolute atomic E-state index is 6.37. The highest BCUT2D eigenvalue weighted by Crippen LogP contribution is 2.45. The highest BCUT2D eigenvalue weighted by atomic mass is 15.3. The molecule has 1 heterocycles. The molecule has 0 aromatic rings. The van der Waals surface area contributed by atoms with Gasteiger partial charge in [0.2, 0.25) is 0 Å². The molecule has 0 spiro atoms. The van der Waals surface area contributed by atoms with Crippen LogP contribution >= 0.6 is 0 Å². The lowest BCUT2D eigenvalue weighted by atomic mass is 9.66. The van der Waals surface area contributed by atoms with Crippen molar-refractivity contribution >= 4 is 0 Å². The quantitative estimate of drug-likeness (QED) is 0.841. The number of hydrogen-bond acceptors (Lipinski definition) is 2. The van der Waals surface area contributed by atoms with Gasteiger partial charge in [-0.2, -0.15) is 0 Å². The Balaban J connectivity index is 2.28. The van der Waals surface area contributed by atoms with Crippen LogP contribution in [0.5, 0.6) is 0 Å². The average molecular weight is 266 g/mol. The van der Waals surface area contributed by atoms with Crippen LogP contribution in [-0.4, -0.2) is 29.6 Å². The van der Waals surface area contributed by atoms with E-state index >= 15 is 0 Å². The van der Waals surface area contributed by atoms with Gasteiger partial charge in [0.1, 0.15) is 0 Å². The Kier molecular flexibility index (Phi) is 4.94. The van der Waals surface area contributed by atoms with Crippen LogP contribution in [0.3, 0.4) is 0 Å². The first-order chi connectivity index (χ1) is 9.03. The van der Waals surface area contributed by atoms with Gasteiger partial charge < -0.3 is 5.73 Å². The fourth-order valence-corrected chi connectivity index (χ4v) is 4.97. The minimum absolute atomic E-state index is 0.303. The standard InChI is InChI=1S/C17H34N2/c1-13(2)15-8-5-6-10-17(15,12-18)19-11-7-9-16(19)14(3)4/h13-16H,5-12,18H2,1-4H3. The summed E-state index contributed by atoms with van der Waals surface area (Å²) in [6.07, 6.45) is 8.25. The van der Waals surface area contributed by atoms with E-state index in [1.165, 1.54) is 45.1 Å². The minimum atomic E-state index is 0.303. The Hall–Kier alpha value is -0.0800. The number of rotatable bonds is 4. The second-order valence-electron chi connectivity index (χ2n) is 7.55. The fourth-order valence-electron chi connectivity index (χ4n) is 4.97. The van der Waals surface area contributed by atoms with Crippen molar-refractivity contribution in [2.45, 2.75) is 77.8 Å². The van der Waals surface area contributed by atoms with Crippen LogP contribution in [0.4, 0.5) is 0 Å². The van der Waals surface area contributed by atoms with Crippen molar-refractivity contribution in [3.63, 3.8) is 0 Å². The Bertz CT molecular complexity index is 287. The van der Waals surface area contributed by atoms with Crippen LogP contribution in [0.2, 0.25) is 0 Å². The van der Waals surface area contributed by atoms with Gasteiger partial charge in [-0.05, 0) is 50.0 Å². The normalized spacial score (nSPS) is 37.4. The fraction of sp³-hybridized carbons (Fsp3) is 1.00. The molecule has 0 bridgehead atoms. The third-order valence-electron chi connectivity index (χ3n) is 5.86. The molecule has 2 aliphatic rings. The Labute approximate surface area is 120 Å². The van der Waals surface area contributed by atoms with Crippen molar-refractivity contribution in [1.29, 1.82) is 0 Å². The van der Waals surface area contributed by atoms with E-state index in [1.54, 1.807) is 0 Å². The number of hydrogen-bond donors (Lipinski definition) is 1. The van der Waals surface area contributed by atoms with Crippen LogP contribution in [0.1, 0.15) is 66.2 Å². The van der Waals surface area contributed by atoms with Gasteiger partial charge in [-0.1, -0.05) is 40.5 Å². The van der Waals surface area contributed by atoms with E-state index in [-0.39, 0.29) is 0 Å². The zero-order valence-electron chi connectivity index (χ0n) is 13.5. The first-order valence-electron chi connectivity index (χ1n) is 8.49. The number of nitrogens with zero attached hydrogens (tertiary/aromatic N) is 1. The summed E-state index contributed by atoms with van der Waals surface area (Å²) in [6.45, 7) is 11.7. The lowest BCUT2D eigenvalue weighted by molar-refractivity contribution is -0.0319. The van der Waals surface area contributed by atoms with Crippen LogP contribution in [0.15, 0.2) is 0 Å². The molecule has 2 nitrogen and oxygen atoms in total. The molecule has 0 aromatic carbocycles. The summed E-state index contributed by atoms with van der Waals surface area (Å²) in [5, 5.41) is 0. The highest BCUT2D eigenvalue weighted by molar-refractivity contribution is 5.04. The molecule has 0 amide bonds. The summed E-state index contributed by atoms with van der Waals surface area (Å²) in [5.74, 6) is 2.32. The average Bonchev–Trinajstić information content (AvgIpc) is 2.88. The molecular formula is C17H34N2. The van der Waals surface area contributed by atoms with Gasteiger partial charge in [0.15, 0.2) is 0 Å². The van der Waals surface area contributed by atoms with E-state index in [0.29, 0.717) is 5.54 Å². The summed E-state index contributed by atoms with van der Waals surface area (Å²) in [5.41, 5.74) is 6.67. The minimum Gasteiger partial charge on any atom is -0.329 e. The molecule has 2 fully saturated rings. The van der Waals surface area contributed by atoms with Crippen LogP contribution in [0.25, 0.3) is 0 Å². The molecule has 0 aromatic heterocycles. The van der Waals surface area contributed by atoms with E-state index < -0.39 is 0 Å². The van der Waals surface area contributed by atoms with Crippen molar-refractivity contribution in [2.75, 3.05) is 13.1 Å². The third-order valence-corrected chi connectivity index (χ3v) is 5.86. The van der Waals surface area contributed by atoms with Gasteiger partial charge in [0.25, 0.3) is 0 Å². The van der Waals surface area contributed by atoms with Crippen molar-refractivity contribution < 1.29 is 0 Å². The first kappa shape index (κ1) is 15.3. The topological polar surface area (TPSA) is 29.3 Å². The smallest absolute Gasteiger partial charge is 0.0365 e. The summed E-state index contributed by atoms with van der Waals surface area (Å²) >= 11 is 0. The summed E-state index contributed by atoms with van der Waals surface area (Å²) in [7, 11) is 0. The molecule has 2 N–H and O–H groups in total. The van der Waals surface area contributed by atoms with Crippen LogP contribution in [-0.2, 0) is 0 Å². The molecule has 2 rings (SSSR count). The number of likely N-dealkylation sites (tertiary alicyclic amines) is 1. The van der Waals surface area contributed by atoms with E-state index in [2.05, 4.69) is 32.6 Å². The zero-order chi connectivity index (χ0) is 14.0. The van der Waals surface area contributed by atoms with E-state index in [4.69, 9.17) is 5.73 Å². The molecular weight excluding hydrogens is 232 g/mol. The van der Waals surface area contributed by atoms with Gasteiger partial charge >= 0.3 is 0 Å². The zero-order valence-corrected chi connectivity index (χ0v) is 13.5. The lowest BCUT2D eigenvalue weighted by Gasteiger charge is -2.54. The van der Waals surface area contributed by atoms with Crippen molar-refractivity contribution in [1.82, 2.24) is 4.90 Å². The SMILES string of the molecule is CC(C)C1CCCN1C1(CN)CCCCC1C(C)C. The van der Waals surface area contributed by atoms with E-state index in [1.807, 2.05) is 0 Å². The van der Waals surface area contributed by atoms with E-state index in [0.717, 1.165) is 30.3 Å². The van der Waals surface area contributed by atoms with Gasteiger partial charge in [0.05, 0.1) is 0 Å². The van der Waals surface area contributed by atoms with E-state index in [9.17, 15) is 0 Å². The lowest BCUT2D eigenvalue weighted by Crippen LogP contribution is -2.63. The molecule has 3 atom stereocenters. The van der Waals surface area contributed by atoms with Gasteiger partial charge in [-0.15, -0.1) is 0 Å². The maximum Gasteiger partial charge on any atom is 0.0365 e. The molecule has 1 aliphatic carbocycles. The molecule has 3 unspecified atom stereocenters. The van der Waals surface area contributed by atoms with Gasteiger partial charge in [-0.3, -0.25) is 4.90 Å². The summed E-state index contributed by atoms with van der Waals surface area (Å²) in [6, 6.07) is 0.767. The molecule has 2 heteroatoms. The maximum atomic E-state index is 6.37. The van der Waals surface area contributed by atoms with Crippen molar-refractivity contribution in [3.05, 3.63) is 0 Å². The van der Waals surface area contributed by atoms with Crippen molar-refractivity contribution in [3.8, 4) is 0 Å². The monoisotopic (exact) mass is 266 g/mol. The summed E-state index contributed by atoms with van der Waals surface area (Å²) < 4.78 is 0. The molecule has 112 valence electrons. The predicted molar refractivity (Wildman–Crippen MR) is 83.1 cm³/mol. The predicted octanol–water partition coefficient (Wildman–Crippen LogP) is 3.65. The Morgan fingerprint density at radius 2 is 1.79 bits per heavy atom. The van der Waals surface area contributed by atoms with Gasteiger partial charge in [-0.25, -0.2) is 0 Å². The Morgan fingerprint density at radius 1 is 1.05 bits per heavy atom. The summed E-state index contributed by atoms with van der Waals surface area (Å²) in [4.78, 5) is 2.85. The molecule has 1 saturated carbocycles. The van der Waals surface area contributed by atoms with Crippen LogP contribution < -0.4 is 5.73 Å². The van der Waals surface area contributed by atoms with Crippen LogP contribution in [0, 0.1) is 17.8 Å². The Morgan fingerprint density at radius 3 is 2.37 bits per heavy atom. The largest absolute Gasteiger partial charge is 0.329 e. The third kappa shape index (κ3) is 2.71. The molecule has 1 saturated heterocycles. The second kappa shape index (κ2) is 6.13. The molecule has 1 aliphatic heterocycles. The van der Waals surface area contributed by atoms with Crippen molar-refractivity contribution in [2.24, 2.45) is 23.5 Å².